The standard InChI is InChI=1S/C21H17N3O/c22-12-16-10-11-18(19-13-23-20-9-5-4-8-17(19)20)21(25)24(16)14-15-6-2-1-3-7-15/h1-9,11,13,16,23H,10,14H2. The van der Waals surface area contributed by atoms with Crippen molar-refractivity contribution in [2.75, 3.05) is 0 Å². The Kier molecular flexibility index (Phi) is 3.83. The second-order valence-electron chi connectivity index (χ2n) is 6.16. The first kappa shape index (κ1) is 15.2. The molecular weight excluding hydrogens is 310 g/mol. The van der Waals surface area contributed by atoms with Gasteiger partial charge in [0.2, 0.25) is 0 Å². The molecule has 4 nitrogen and oxygen atoms in total. The van der Waals surface area contributed by atoms with Gasteiger partial charge in [-0.25, -0.2) is 0 Å². The van der Waals surface area contributed by atoms with Crippen LogP contribution in [0.2, 0.25) is 0 Å². The van der Waals surface area contributed by atoms with Crippen molar-refractivity contribution in [2.24, 2.45) is 0 Å². The third kappa shape index (κ3) is 2.70. The van der Waals surface area contributed by atoms with Gasteiger partial charge >= 0.3 is 0 Å². The average molecular weight is 327 g/mol. The zero-order valence-corrected chi connectivity index (χ0v) is 13.6. The fourth-order valence-electron chi connectivity index (χ4n) is 3.34. The van der Waals surface area contributed by atoms with E-state index in [1.165, 1.54) is 0 Å². The van der Waals surface area contributed by atoms with E-state index in [9.17, 15) is 10.1 Å². The van der Waals surface area contributed by atoms with Gasteiger partial charge in [-0.1, -0.05) is 54.6 Å². The van der Waals surface area contributed by atoms with Crippen molar-refractivity contribution in [2.45, 2.75) is 19.0 Å². The molecule has 1 unspecified atom stereocenters. The molecule has 1 aliphatic heterocycles. The Bertz CT molecular complexity index is 995. The number of aromatic amines is 1. The lowest BCUT2D eigenvalue weighted by atomic mass is 9.95. The van der Waals surface area contributed by atoms with E-state index in [-0.39, 0.29) is 5.91 Å². The summed E-state index contributed by atoms with van der Waals surface area (Å²) in [6.45, 7) is 0.442. The highest BCUT2D eigenvalue weighted by molar-refractivity contribution is 6.23. The van der Waals surface area contributed by atoms with Crippen molar-refractivity contribution in [3.8, 4) is 6.07 Å². The van der Waals surface area contributed by atoms with E-state index in [2.05, 4.69) is 11.1 Å². The molecular formula is C21H17N3O. The molecule has 2 heterocycles. The fraction of sp³-hybridized carbons (Fsp3) is 0.143. The highest BCUT2D eigenvalue weighted by Gasteiger charge is 2.31. The molecule has 1 aromatic heterocycles. The minimum Gasteiger partial charge on any atom is -0.361 e. The first-order valence-corrected chi connectivity index (χ1v) is 8.29. The number of nitrogens with zero attached hydrogens (tertiary/aromatic N) is 2. The number of carbonyl (C=O) groups excluding carboxylic acids is 1. The Balaban J connectivity index is 1.72. The summed E-state index contributed by atoms with van der Waals surface area (Å²) < 4.78 is 0. The number of fused-ring (bicyclic) bond motifs is 1. The van der Waals surface area contributed by atoms with Crippen molar-refractivity contribution in [1.29, 1.82) is 5.26 Å². The Morgan fingerprint density at radius 2 is 1.88 bits per heavy atom. The number of H-pyrrole nitrogens is 1. The molecule has 0 bridgehead atoms. The van der Waals surface area contributed by atoms with Crippen LogP contribution in [0.3, 0.4) is 0 Å². The molecule has 1 amide bonds. The van der Waals surface area contributed by atoms with E-state index in [4.69, 9.17) is 0 Å². The molecule has 1 aliphatic rings. The van der Waals surface area contributed by atoms with Gasteiger partial charge in [-0.15, -0.1) is 0 Å². The number of hydrogen-bond donors (Lipinski definition) is 1. The third-order valence-corrected chi connectivity index (χ3v) is 4.64. The van der Waals surface area contributed by atoms with Crippen LogP contribution >= 0.6 is 0 Å². The van der Waals surface area contributed by atoms with Gasteiger partial charge in [0.1, 0.15) is 6.04 Å². The summed E-state index contributed by atoms with van der Waals surface area (Å²) in [5, 5.41) is 10.5. The van der Waals surface area contributed by atoms with E-state index in [0.29, 0.717) is 18.5 Å². The maximum absolute atomic E-state index is 13.1. The molecule has 0 saturated heterocycles. The molecule has 2 aromatic carbocycles. The average Bonchev–Trinajstić information content (AvgIpc) is 3.08. The zero-order chi connectivity index (χ0) is 17.2. The second kappa shape index (κ2) is 6.29. The normalized spacial score (nSPS) is 17.4. The largest absolute Gasteiger partial charge is 0.361 e. The summed E-state index contributed by atoms with van der Waals surface area (Å²) in [5.74, 6) is -0.0913. The molecule has 3 aromatic rings. The van der Waals surface area contributed by atoms with Crippen LogP contribution in [0, 0.1) is 11.3 Å². The first-order valence-electron chi connectivity index (χ1n) is 8.29. The molecule has 1 N–H and O–H groups in total. The van der Waals surface area contributed by atoms with Crippen LogP contribution in [-0.4, -0.2) is 21.8 Å². The Morgan fingerprint density at radius 1 is 1.12 bits per heavy atom. The number of rotatable bonds is 3. The summed E-state index contributed by atoms with van der Waals surface area (Å²) in [6, 6.07) is 19.6. The minimum atomic E-state index is -0.429. The van der Waals surface area contributed by atoms with Gasteiger partial charge in [0.05, 0.1) is 6.07 Å². The monoisotopic (exact) mass is 327 g/mol. The first-order chi connectivity index (χ1) is 12.3. The predicted octanol–water partition coefficient (Wildman–Crippen LogP) is 3.88. The SMILES string of the molecule is N#CC1CC=C(c2c[nH]c3ccccc23)C(=O)N1Cc1ccccc1. The quantitative estimate of drug-likeness (QED) is 0.793. The van der Waals surface area contributed by atoms with E-state index < -0.39 is 6.04 Å². The van der Waals surface area contributed by atoms with Crippen molar-refractivity contribution >= 4 is 22.4 Å². The Hall–Kier alpha value is -3.32. The summed E-state index contributed by atoms with van der Waals surface area (Å²) in [5.41, 5.74) is 3.59. The number of carbonyl (C=O) groups is 1. The van der Waals surface area contributed by atoms with Crippen LogP contribution in [-0.2, 0) is 11.3 Å². The lowest BCUT2D eigenvalue weighted by Gasteiger charge is -2.31. The van der Waals surface area contributed by atoms with Crippen molar-refractivity contribution < 1.29 is 4.79 Å². The molecule has 1 atom stereocenters. The predicted molar refractivity (Wildman–Crippen MR) is 97.3 cm³/mol. The van der Waals surface area contributed by atoms with Crippen molar-refractivity contribution in [3.05, 3.63) is 78.0 Å². The van der Waals surface area contributed by atoms with Gasteiger partial charge < -0.3 is 9.88 Å². The van der Waals surface area contributed by atoms with Gasteiger partial charge in [0, 0.05) is 41.2 Å². The summed E-state index contributed by atoms with van der Waals surface area (Å²) in [6.07, 6.45) is 4.32. The molecule has 0 aliphatic carbocycles. The smallest absolute Gasteiger partial charge is 0.255 e. The van der Waals surface area contributed by atoms with E-state index >= 15 is 0 Å². The molecule has 0 spiro atoms. The number of para-hydroxylation sites is 1. The van der Waals surface area contributed by atoms with Crippen molar-refractivity contribution in [3.63, 3.8) is 0 Å². The maximum atomic E-state index is 13.1. The van der Waals surface area contributed by atoms with E-state index in [1.807, 2.05) is 66.9 Å². The number of benzene rings is 2. The molecule has 0 radical (unpaired) electrons. The molecule has 0 saturated carbocycles. The number of hydrogen-bond acceptors (Lipinski definition) is 2. The lowest BCUT2D eigenvalue weighted by Crippen LogP contribution is -2.41. The highest BCUT2D eigenvalue weighted by atomic mass is 16.2. The van der Waals surface area contributed by atoms with E-state index in [1.54, 1.807) is 4.90 Å². The Morgan fingerprint density at radius 3 is 2.68 bits per heavy atom. The molecule has 0 fully saturated rings. The van der Waals surface area contributed by atoms with Crippen LogP contribution in [0.15, 0.2) is 66.9 Å². The molecule has 4 heteroatoms. The lowest BCUT2D eigenvalue weighted by molar-refractivity contribution is -0.127. The van der Waals surface area contributed by atoms with Gasteiger partial charge in [0.25, 0.3) is 5.91 Å². The molecule has 122 valence electrons. The number of aromatic nitrogens is 1. The van der Waals surface area contributed by atoms with E-state index in [0.717, 1.165) is 22.0 Å². The third-order valence-electron chi connectivity index (χ3n) is 4.64. The number of nitrogens with one attached hydrogen (secondary N) is 1. The highest BCUT2D eigenvalue weighted by Crippen LogP contribution is 2.31. The van der Waals surface area contributed by atoms with Crippen LogP contribution in [0.1, 0.15) is 17.5 Å². The number of nitriles is 1. The summed E-state index contributed by atoms with van der Waals surface area (Å²) in [4.78, 5) is 18.0. The second-order valence-corrected chi connectivity index (χ2v) is 6.16. The van der Waals surface area contributed by atoms with Crippen LogP contribution in [0.4, 0.5) is 0 Å². The fourth-order valence-corrected chi connectivity index (χ4v) is 3.34. The molecule has 4 rings (SSSR count). The topological polar surface area (TPSA) is 59.9 Å². The van der Waals surface area contributed by atoms with Crippen LogP contribution in [0.5, 0.6) is 0 Å². The van der Waals surface area contributed by atoms with Gasteiger partial charge in [-0.3, -0.25) is 4.79 Å². The Labute approximate surface area is 146 Å². The minimum absolute atomic E-state index is 0.0913. The van der Waals surface area contributed by atoms with Gasteiger partial charge in [0.15, 0.2) is 0 Å². The van der Waals surface area contributed by atoms with Crippen LogP contribution in [0.25, 0.3) is 16.5 Å². The van der Waals surface area contributed by atoms with Gasteiger partial charge in [-0.05, 0) is 11.6 Å². The van der Waals surface area contributed by atoms with Crippen molar-refractivity contribution in [1.82, 2.24) is 9.88 Å². The van der Waals surface area contributed by atoms with Crippen LogP contribution < -0.4 is 0 Å². The number of amides is 1. The summed E-state index contributed by atoms with van der Waals surface area (Å²) >= 11 is 0. The zero-order valence-electron chi connectivity index (χ0n) is 13.6. The maximum Gasteiger partial charge on any atom is 0.255 e. The molecule has 25 heavy (non-hydrogen) atoms. The summed E-state index contributed by atoms with van der Waals surface area (Å²) in [7, 11) is 0. The van der Waals surface area contributed by atoms with Gasteiger partial charge in [-0.2, -0.15) is 5.26 Å².